The SMILES string of the molecule is O=C(COc1ccc([N+](=O)[O-])cc1)Nc1cc(-c2nc3cc(Cl)ccc3o2)ccc1Cl. The van der Waals surface area contributed by atoms with Gasteiger partial charge in [-0.2, -0.15) is 0 Å². The largest absolute Gasteiger partial charge is 0.484 e. The summed E-state index contributed by atoms with van der Waals surface area (Å²) in [5.74, 6) is 0.221. The molecule has 0 fully saturated rings. The number of anilines is 1. The van der Waals surface area contributed by atoms with Crippen LogP contribution >= 0.6 is 23.2 Å². The van der Waals surface area contributed by atoms with Gasteiger partial charge in [-0.25, -0.2) is 4.98 Å². The second-order valence-electron chi connectivity index (χ2n) is 6.41. The zero-order valence-corrected chi connectivity index (χ0v) is 17.2. The summed E-state index contributed by atoms with van der Waals surface area (Å²) in [6.45, 7) is -0.306. The van der Waals surface area contributed by atoms with Gasteiger partial charge < -0.3 is 14.5 Å². The molecular weight excluding hydrogens is 445 g/mol. The van der Waals surface area contributed by atoms with Gasteiger partial charge in [-0.3, -0.25) is 14.9 Å². The second-order valence-corrected chi connectivity index (χ2v) is 7.26. The van der Waals surface area contributed by atoms with Gasteiger partial charge in [0.15, 0.2) is 12.2 Å². The van der Waals surface area contributed by atoms with Crippen LogP contribution in [0.1, 0.15) is 0 Å². The van der Waals surface area contributed by atoms with Crippen LogP contribution in [0.15, 0.2) is 65.1 Å². The average Bonchev–Trinajstić information content (AvgIpc) is 3.17. The number of nitrogens with one attached hydrogen (secondary N) is 1. The van der Waals surface area contributed by atoms with Gasteiger partial charge in [0.25, 0.3) is 11.6 Å². The number of ether oxygens (including phenoxy) is 1. The number of carbonyl (C=O) groups is 1. The summed E-state index contributed by atoms with van der Waals surface area (Å²) in [4.78, 5) is 26.9. The van der Waals surface area contributed by atoms with Crippen LogP contribution in [0.3, 0.4) is 0 Å². The Hall–Kier alpha value is -3.62. The highest BCUT2D eigenvalue weighted by molar-refractivity contribution is 6.33. The van der Waals surface area contributed by atoms with Crippen molar-refractivity contribution < 1.29 is 18.9 Å². The predicted molar refractivity (Wildman–Crippen MR) is 117 cm³/mol. The molecule has 1 N–H and O–H groups in total. The van der Waals surface area contributed by atoms with E-state index in [1.165, 1.54) is 24.3 Å². The molecule has 0 radical (unpaired) electrons. The molecule has 1 heterocycles. The van der Waals surface area contributed by atoms with E-state index in [0.717, 1.165) is 0 Å². The molecular formula is C21H13Cl2N3O5. The van der Waals surface area contributed by atoms with Gasteiger partial charge in [-0.1, -0.05) is 23.2 Å². The fourth-order valence-corrected chi connectivity index (χ4v) is 3.11. The van der Waals surface area contributed by atoms with Crippen LogP contribution in [0.5, 0.6) is 5.75 Å². The van der Waals surface area contributed by atoms with E-state index in [1.807, 2.05) is 0 Å². The molecule has 0 unspecified atom stereocenters. The van der Waals surface area contributed by atoms with E-state index >= 15 is 0 Å². The molecule has 10 heteroatoms. The number of nitro groups is 1. The smallest absolute Gasteiger partial charge is 0.269 e. The number of oxazole rings is 1. The first-order chi connectivity index (χ1) is 14.9. The number of hydrogen-bond donors (Lipinski definition) is 1. The fraction of sp³-hybridized carbons (Fsp3) is 0.0476. The summed E-state index contributed by atoms with van der Waals surface area (Å²) in [6.07, 6.45) is 0. The van der Waals surface area contributed by atoms with Crippen LogP contribution in [0, 0.1) is 10.1 Å². The lowest BCUT2D eigenvalue weighted by atomic mass is 10.2. The highest BCUT2D eigenvalue weighted by atomic mass is 35.5. The molecule has 4 rings (SSSR count). The summed E-state index contributed by atoms with van der Waals surface area (Å²) in [7, 11) is 0. The maximum absolute atomic E-state index is 12.3. The lowest BCUT2D eigenvalue weighted by Crippen LogP contribution is -2.20. The molecule has 1 aromatic heterocycles. The van der Waals surface area contributed by atoms with Crippen molar-refractivity contribution in [3.63, 3.8) is 0 Å². The Morgan fingerprint density at radius 3 is 2.61 bits per heavy atom. The molecule has 156 valence electrons. The minimum absolute atomic E-state index is 0.0677. The molecule has 0 atom stereocenters. The van der Waals surface area contributed by atoms with E-state index in [2.05, 4.69) is 10.3 Å². The van der Waals surface area contributed by atoms with E-state index in [0.29, 0.717) is 44.0 Å². The van der Waals surface area contributed by atoms with Crippen molar-refractivity contribution in [2.24, 2.45) is 0 Å². The minimum Gasteiger partial charge on any atom is -0.484 e. The van der Waals surface area contributed by atoms with Gasteiger partial charge in [0.1, 0.15) is 11.3 Å². The molecule has 0 aliphatic carbocycles. The number of nitro benzene ring substituents is 1. The van der Waals surface area contributed by atoms with Crippen LogP contribution in [-0.4, -0.2) is 22.4 Å². The monoisotopic (exact) mass is 457 g/mol. The quantitative estimate of drug-likeness (QED) is 0.292. The number of amides is 1. The molecule has 0 spiro atoms. The molecule has 0 bridgehead atoms. The molecule has 31 heavy (non-hydrogen) atoms. The van der Waals surface area contributed by atoms with Crippen molar-refractivity contribution >= 4 is 51.6 Å². The number of hydrogen-bond acceptors (Lipinski definition) is 6. The highest BCUT2D eigenvalue weighted by Gasteiger charge is 2.13. The Balaban J connectivity index is 1.46. The summed E-state index contributed by atoms with van der Waals surface area (Å²) in [5.41, 5.74) is 2.10. The minimum atomic E-state index is -0.517. The first-order valence-corrected chi connectivity index (χ1v) is 9.68. The van der Waals surface area contributed by atoms with E-state index < -0.39 is 10.8 Å². The van der Waals surface area contributed by atoms with E-state index in [-0.39, 0.29) is 12.3 Å². The lowest BCUT2D eigenvalue weighted by Gasteiger charge is -2.09. The van der Waals surface area contributed by atoms with Crippen molar-refractivity contribution in [2.75, 3.05) is 11.9 Å². The summed E-state index contributed by atoms with van der Waals surface area (Å²) in [5, 5.41) is 14.2. The Bertz CT molecular complexity index is 1290. The van der Waals surface area contributed by atoms with Gasteiger partial charge in [0.2, 0.25) is 5.89 Å². The predicted octanol–water partition coefficient (Wildman–Crippen LogP) is 5.73. The molecule has 0 aliphatic heterocycles. The number of fused-ring (bicyclic) bond motifs is 1. The number of rotatable bonds is 6. The van der Waals surface area contributed by atoms with Gasteiger partial charge in [0, 0.05) is 22.7 Å². The van der Waals surface area contributed by atoms with Crippen molar-refractivity contribution in [3.05, 3.63) is 80.8 Å². The Morgan fingerprint density at radius 1 is 1.10 bits per heavy atom. The molecule has 8 nitrogen and oxygen atoms in total. The number of aromatic nitrogens is 1. The van der Waals surface area contributed by atoms with Gasteiger partial charge >= 0.3 is 0 Å². The molecule has 0 saturated carbocycles. The Kier molecular flexibility index (Phi) is 5.75. The standard InChI is InChI=1S/C21H13Cl2N3O5/c22-13-2-8-19-18(10-13)25-21(31-19)12-1-7-16(23)17(9-12)24-20(27)11-30-15-5-3-14(4-6-15)26(28)29/h1-10H,11H2,(H,24,27). The highest BCUT2D eigenvalue weighted by Crippen LogP contribution is 2.31. The average molecular weight is 458 g/mol. The van der Waals surface area contributed by atoms with Gasteiger partial charge in [-0.05, 0) is 48.5 Å². The van der Waals surface area contributed by atoms with Crippen molar-refractivity contribution in [1.82, 2.24) is 4.98 Å². The third-order valence-electron chi connectivity index (χ3n) is 4.25. The number of carbonyl (C=O) groups excluding carboxylic acids is 1. The molecule has 3 aromatic carbocycles. The van der Waals surface area contributed by atoms with Crippen molar-refractivity contribution in [3.8, 4) is 17.2 Å². The van der Waals surface area contributed by atoms with Gasteiger partial charge in [-0.15, -0.1) is 0 Å². The van der Waals surface area contributed by atoms with E-state index in [1.54, 1.807) is 36.4 Å². The van der Waals surface area contributed by atoms with Crippen LogP contribution in [0.25, 0.3) is 22.6 Å². The van der Waals surface area contributed by atoms with Crippen LogP contribution in [0.4, 0.5) is 11.4 Å². The third kappa shape index (κ3) is 4.76. The molecule has 4 aromatic rings. The number of halogens is 2. The first kappa shape index (κ1) is 20.6. The zero-order valence-electron chi connectivity index (χ0n) is 15.7. The van der Waals surface area contributed by atoms with Crippen molar-refractivity contribution in [1.29, 1.82) is 0 Å². The number of benzene rings is 3. The molecule has 0 saturated heterocycles. The summed E-state index contributed by atoms with van der Waals surface area (Å²) in [6, 6.07) is 15.5. The maximum Gasteiger partial charge on any atom is 0.269 e. The first-order valence-electron chi connectivity index (χ1n) is 8.92. The molecule has 1 amide bonds. The maximum atomic E-state index is 12.3. The van der Waals surface area contributed by atoms with Gasteiger partial charge in [0.05, 0.1) is 15.6 Å². The van der Waals surface area contributed by atoms with Crippen LogP contribution in [0.2, 0.25) is 10.0 Å². The Morgan fingerprint density at radius 2 is 1.87 bits per heavy atom. The topological polar surface area (TPSA) is 108 Å². The zero-order chi connectivity index (χ0) is 22.0. The second kappa shape index (κ2) is 8.63. The van der Waals surface area contributed by atoms with E-state index in [4.69, 9.17) is 32.4 Å². The normalized spacial score (nSPS) is 10.8. The number of non-ortho nitro benzene ring substituents is 1. The van der Waals surface area contributed by atoms with Crippen molar-refractivity contribution in [2.45, 2.75) is 0 Å². The lowest BCUT2D eigenvalue weighted by molar-refractivity contribution is -0.384. The van der Waals surface area contributed by atoms with Crippen LogP contribution < -0.4 is 10.1 Å². The third-order valence-corrected chi connectivity index (χ3v) is 4.82. The summed E-state index contributed by atoms with van der Waals surface area (Å²) < 4.78 is 11.1. The van der Waals surface area contributed by atoms with Crippen LogP contribution in [-0.2, 0) is 4.79 Å². The number of nitrogens with zero attached hydrogens (tertiary/aromatic N) is 2. The van der Waals surface area contributed by atoms with E-state index in [9.17, 15) is 14.9 Å². The summed E-state index contributed by atoms with van der Waals surface area (Å²) >= 11 is 12.2. The fourth-order valence-electron chi connectivity index (χ4n) is 2.78. The molecule has 0 aliphatic rings. The Labute approximate surface area is 185 Å².